The third-order valence-corrected chi connectivity index (χ3v) is 2.57. The van der Waals surface area contributed by atoms with E-state index in [4.69, 9.17) is 0 Å². The molecule has 78 valence electrons. The second kappa shape index (κ2) is 5.07. The van der Waals surface area contributed by atoms with Gasteiger partial charge in [-0.2, -0.15) is 0 Å². The monoisotopic (exact) mass is 213 g/mol. The second-order valence-corrected chi connectivity index (χ2v) is 4.31. The summed E-state index contributed by atoms with van der Waals surface area (Å²) in [7, 11) is 3.49. The molecule has 0 aliphatic rings. The topological polar surface area (TPSA) is 45.2 Å². The first-order chi connectivity index (χ1) is 6.59. The van der Waals surface area contributed by atoms with Crippen molar-refractivity contribution in [3.8, 4) is 0 Å². The van der Waals surface area contributed by atoms with E-state index in [1.54, 1.807) is 30.3 Å². The number of carbonyl (C=O) groups is 1. The van der Waals surface area contributed by atoms with Crippen LogP contribution in [0.3, 0.4) is 0 Å². The van der Waals surface area contributed by atoms with E-state index in [0.29, 0.717) is 13.1 Å². The van der Waals surface area contributed by atoms with Crippen molar-refractivity contribution >= 4 is 17.2 Å². The van der Waals surface area contributed by atoms with Crippen LogP contribution >= 0.6 is 11.3 Å². The minimum absolute atomic E-state index is 0.0805. The van der Waals surface area contributed by atoms with Crippen LogP contribution in [0.25, 0.3) is 0 Å². The molecule has 0 bridgehead atoms. The molecule has 1 aromatic heterocycles. The first kappa shape index (κ1) is 11.1. The van der Waals surface area contributed by atoms with Crippen LogP contribution in [-0.2, 0) is 11.3 Å². The number of aromatic nitrogens is 1. The van der Waals surface area contributed by atoms with Crippen LogP contribution in [-0.4, -0.2) is 36.4 Å². The average Bonchev–Trinajstić information content (AvgIpc) is 2.51. The number of hydrogen-bond acceptors (Lipinski definition) is 4. The predicted molar refractivity (Wildman–Crippen MR) is 57.3 cm³/mol. The Bertz CT molecular complexity index is 309. The molecule has 0 fully saturated rings. The van der Waals surface area contributed by atoms with Gasteiger partial charge in [0.05, 0.1) is 17.2 Å². The van der Waals surface area contributed by atoms with E-state index in [2.05, 4.69) is 10.3 Å². The van der Waals surface area contributed by atoms with Crippen molar-refractivity contribution in [3.63, 3.8) is 0 Å². The lowest BCUT2D eigenvalue weighted by Crippen LogP contribution is -2.32. The van der Waals surface area contributed by atoms with Crippen LogP contribution in [0.1, 0.15) is 10.7 Å². The molecule has 1 N–H and O–H groups in total. The summed E-state index contributed by atoms with van der Waals surface area (Å²) in [4.78, 5) is 17.0. The molecule has 0 spiro atoms. The normalized spacial score (nSPS) is 10.2. The van der Waals surface area contributed by atoms with Crippen LogP contribution < -0.4 is 5.32 Å². The van der Waals surface area contributed by atoms with Crippen LogP contribution in [0.5, 0.6) is 0 Å². The van der Waals surface area contributed by atoms with Crippen molar-refractivity contribution in [2.45, 2.75) is 13.5 Å². The van der Waals surface area contributed by atoms with Crippen molar-refractivity contribution < 1.29 is 4.79 Å². The lowest BCUT2D eigenvalue weighted by atomic mass is 10.4. The summed E-state index contributed by atoms with van der Waals surface area (Å²) in [6.07, 6.45) is 0. The molecule has 1 rings (SSSR count). The molecule has 0 unspecified atom stereocenters. The summed E-state index contributed by atoms with van der Waals surface area (Å²) in [5.41, 5.74) is 0.999. The standard InChI is InChI=1S/C9H15N3OS/c1-7-11-8(6-14-7)4-10-5-9(13)12(2)3/h6,10H,4-5H2,1-3H3. The zero-order chi connectivity index (χ0) is 10.6. The Kier molecular flexibility index (Phi) is 4.03. The van der Waals surface area contributed by atoms with E-state index < -0.39 is 0 Å². The SMILES string of the molecule is Cc1nc(CNCC(=O)N(C)C)cs1. The highest BCUT2D eigenvalue weighted by molar-refractivity contribution is 7.09. The molecule has 1 aromatic rings. The molecule has 0 atom stereocenters. The van der Waals surface area contributed by atoms with Crippen LogP contribution in [0.2, 0.25) is 0 Å². The van der Waals surface area contributed by atoms with E-state index in [9.17, 15) is 4.79 Å². The lowest BCUT2D eigenvalue weighted by Gasteiger charge is -2.09. The Balaban J connectivity index is 2.25. The fourth-order valence-corrected chi connectivity index (χ4v) is 1.56. The molecule has 4 nitrogen and oxygen atoms in total. The number of likely N-dealkylation sites (N-methyl/N-ethyl adjacent to an activating group) is 1. The average molecular weight is 213 g/mol. The van der Waals surface area contributed by atoms with Gasteiger partial charge in [0.25, 0.3) is 0 Å². The van der Waals surface area contributed by atoms with Crippen LogP contribution in [0.15, 0.2) is 5.38 Å². The van der Waals surface area contributed by atoms with E-state index in [1.807, 2.05) is 12.3 Å². The van der Waals surface area contributed by atoms with Crippen molar-refractivity contribution in [1.29, 1.82) is 0 Å². The third kappa shape index (κ3) is 3.43. The number of thiazole rings is 1. The molecule has 1 heterocycles. The summed E-state index contributed by atoms with van der Waals surface area (Å²) in [5.74, 6) is 0.0805. The smallest absolute Gasteiger partial charge is 0.236 e. The lowest BCUT2D eigenvalue weighted by molar-refractivity contribution is -0.127. The molecule has 5 heteroatoms. The highest BCUT2D eigenvalue weighted by atomic mass is 32.1. The van der Waals surface area contributed by atoms with E-state index in [0.717, 1.165) is 10.7 Å². The first-order valence-corrected chi connectivity index (χ1v) is 5.29. The molecule has 0 aliphatic carbocycles. The molecule has 0 aliphatic heterocycles. The second-order valence-electron chi connectivity index (χ2n) is 3.25. The number of nitrogens with one attached hydrogen (secondary N) is 1. The van der Waals surface area contributed by atoms with Gasteiger partial charge in [-0.1, -0.05) is 0 Å². The van der Waals surface area contributed by atoms with Crippen molar-refractivity contribution in [2.24, 2.45) is 0 Å². The van der Waals surface area contributed by atoms with Gasteiger partial charge in [-0.25, -0.2) is 4.98 Å². The molecule has 14 heavy (non-hydrogen) atoms. The summed E-state index contributed by atoms with van der Waals surface area (Å²) in [5, 5.41) is 6.11. The number of amides is 1. The Labute approximate surface area is 88.0 Å². The summed E-state index contributed by atoms with van der Waals surface area (Å²) in [6.45, 7) is 2.99. The molecule has 0 aromatic carbocycles. The van der Waals surface area contributed by atoms with E-state index >= 15 is 0 Å². The van der Waals surface area contributed by atoms with E-state index in [-0.39, 0.29) is 5.91 Å². The van der Waals surface area contributed by atoms with Gasteiger partial charge in [0.2, 0.25) is 5.91 Å². The summed E-state index contributed by atoms with van der Waals surface area (Å²) in [6, 6.07) is 0. The molecule has 0 radical (unpaired) electrons. The van der Waals surface area contributed by atoms with Gasteiger partial charge in [0, 0.05) is 26.0 Å². The minimum Gasteiger partial charge on any atom is -0.348 e. The van der Waals surface area contributed by atoms with Gasteiger partial charge in [0.15, 0.2) is 0 Å². The van der Waals surface area contributed by atoms with Gasteiger partial charge in [-0.3, -0.25) is 4.79 Å². The molecular formula is C9H15N3OS. The van der Waals surface area contributed by atoms with Gasteiger partial charge < -0.3 is 10.2 Å². The summed E-state index contributed by atoms with van der Waals surface area (Å²) >= 11 is 1.62. The van der Waals surface area contributed by atoms with Gasteiger partial charge >= 0.3 is 0 Å². The first-order valence-electron chi connectivity index (χ1n) is 4.41. The van der Waals surface area contributed by atoms with Crippen molar-refractivity contribution in [2.75, 3.05) is 20.6 Å². The molecule has 0 saturated carbocycles. The molecule has 0 saturated heterocycles. The molecular weight excluding hydrogens is 198 g/mol. The van der Waals surface area contributed by atoms with Crippen molar-refractivity contribution in [1.82, 2.24) is 15.2 Å². The Hall–Kier alpha value is -0.940. The van der Waals surface area contributed by atoms with Gasteiger partial charge in [0.1, 0.15) is 0 Å². The minimum atomic E-state index is 0.0805. The Morgan fingerprint density at radius 1 is 1.64 bits per heavy atom. The number of aryl methyl sites for hydroxylation is 1. The van der Waals surface area contributed by atoms with Gasteiger partial charge in [-0.05, 0) is 6.92 Å². The van der Waals surface area contributed by atoms with Crippen LogP contribution in [0.4, 0.5) is 0 Å². The Morgan fingerprint density at radius 2 is 2.36 bits per heavy atom. The maximum absolute atomic E-state index is 11.2. The molecule has 1 amide bonds. The quantitative estimate of drug-likeness (QED) is 0.798. The third-order valence-electron chi connectivity index (χ3n) is 1.75. The predicted octanol–water partition coefficient (Wildman–Crippen LogP) is 0.629. The fraction of sp³-hybridized carbons (Fsp3) is 0.556. The number of carbonyl (C=O) groups excluding carboxylic acids is 1. The highest BCUT2D eigenvalue weighted by Crippen LogP contribution is 2.06. The number of hydrogen-bond donors (Lipinski definition) is 1. The fourth-order valence-electron chi connectivity index (χ4n) is 0.945. The summed E-state index contributed by atoms with van der Waals surface area (Å²) < 4.78 is 0. The largest absolute Gasteiger partial charge is 0.348 e. The van der Waals surface area contributed by atoms with E-state index in [1.165, 1.54) is 0 Å². The maximum Gasteiger partial charge on any atom is 0.236 e. The van der Waals surface area contributed by atoms with Gasteiger partial charge in [-0.15, -0.1) is 11.3 Å². The Morgan fingerprint density at radius 3 is 2.86 bits per heavy atom. The van der Waals surface area contributed by atoms with Crippen LogP contribution in [0, 0.1) is 6.92 Å². The maximum atomic E-state index is 11.2. The zero-order valence-corrected chi connectivity index (χ0v) is 9.52. The van der Waals surface area contributed by atoms with Crippen molar-refractivity contribution in [3.05, 3.63) is 16.1 Å². The number of nitrogens with zero attached hydrogens (tertiary/aromatic N) is 2. The highest BCUT2D eigenvalue weighted by Gasteiger charge is 2.03. The number of rotatable bonds is 4. The zero-order valence-electron chi connectivity index (χ0n) is 8.70.